The van der Waals surface area contributed by atoms with Crippen molar-refractivity contribution >= 4 is 23.2 Å². The van der Waals surface area contributed by atoms with E-state index in [1.165, 1.54) is 13.3 Å². The Morgan fingerprint density at radius 3 is 2.52 bits per heavy atom. The largest absolute Gasteiger partial charge is 0.465 e. The molecular formula is C19H15N3O5. The van der Waals surface area contributed by atoms with Gasteiger partial charge in [-0.1, -0.05) is 24.3 Å². The van der Waals surface area contributed by atoms with Crippen LogP contribution in [0, 0.1) is 10.1 Å². The number of hydrogen-bond acceptors (Lipinski definition) is 7. The van der Waals surface area contributed by atoms with Crippen LogP contribution >= 0.6 is 0 Å². The standard InChI is InChI=1S/C19H15N3O5/c1-26-19(23)13-10-17(22(24)25)18(20-12-13)21-14-6-5-9-16(11-14)27-15-7-3-2-4-8-15/h2-12H,1H3,(H,20,21). The van der Waals surface area contributed by atoms with E-state index < -0.39 is 10.9 Å². The molecule has 8 heteroatoms. The number of benzene rings is 2. The number of rotatable bonds is 6. The van der Waals surface area contributed by atoms with E-state index in [0.29, 0.717) is 17.2 Å². The smallest absolute Gasteiger partial charge is 0.339 e. The molecule has 8 nitrogen and oxygen atoms in total. The van der Waals surface area contributed by atoms with Crippen molar-refractivity contribution in [1.29, 1.82) is 0 Å². The van der Waals surface area contributed by atoms with Crippen molar-refractivity contribution in [3.8, 4) is 11.5 Å². The van der Waals surface area contributed by atoms with E-state index in [1.54, 1.807) is 24.3 Å². The Kier molecular flexibility index (Phi) is 5.27. The summed E-state index contributed by atoms with van der Waals surface area (Å²) < 4.78 is 10.3. The Bertz CT molecular complexity index is 976. The van der Waals surface area contributed by atoms with E-state index in [1.807, 2.05) is 30.3 Å². The summed E-state index contributed by atoms with van der Waals surface area (Å²) in [4.78, 5) is 26.3. The van der Waals surface area contributed by atoms with Crippen LogP contribution in [0.3, 0.4) is 0 Å². The summed E-state index contributed by atoms with van der Waals surface area (Å²) in [7, 11) is 1.19. The maximum absolute atomic E-state index is 11.6. The van der Waals surface area contributed by atoms with Crippen LogP contribution in [0.2, 0.25) is 0 Å². The number of para-hydroxylation sites is 1. The third kappa shape index (κ3) is 4.37. The molecule has 0 spiro atoms. The number of hydrogen-bond donors (Lipinski definition) is 1. The first-order valence-corrected chi connectivity index (χ1v) is 7.89. The lowest BCUT2D eigenvalue weighted by Crippen LogP contribution is -2.06. The number of nitrogens with one attached hydrogen (secondary N) is 1. The first kappa shape index (κ1) is 17.9. The van der Waals surface area contributed by atoms with Gasteiger partial charge in [0.15, 0.2) is 0 Å². The van der Waals surface area contributed by atoms with Gasteiger partial charge in [-0.2, -0.15) is 0 Å². The fraction of sp³-hybridized carbons (Fsp3) is 0.0526. The number of carbonyl (C=O) groups is 1. The lowest BCUT2D eigenvalue weighted by molar-refractivity contribution is -0.384. The molecule has 0 saturated carbocycles. The minimum absolute atomic E-state index is 0.00379. The minimum Gasteiger partial charge on any atom is -0.465 e. The van der Waals surface area contributed by atoms with Gasteiger partial charge >= 0.3 is 11.7 Å². The number of pyridine rings is 1. The van der Waals surface area contributed by atoms with Crippen molar-refractivity contribution in [2.45, 2.75) is 0 Å². The summed E-state index contributed by atoms with van der Waals surface area (Å²) in [6.45, 7) is 0. The number of nitro groups is 1. The Morgan fingerprint density at radius 1 is 1.07 bits per heavy atom. The van der Waals surface area contributed by atoms with Gasteiger partial charge in [-0.3, -0.25) is 10.1 Å². The highest BCUT2D eigenvalue weighted by atomic mass is 16.6. The monoisotopic (exact) mass is 365 g/mol. The zero-order chi connectivity index (χ0) is 19.2. The molecule has 0 saturated heterocycles. The average molecular weight is 365 g/mol. The van der Waals surface area contributed by atoms with Gasteiger partial charge in [0, 0.05) is 24.0 Å². The predicted molar refractivity (Wildman–Crippen MR) is 98.5 cm³/mol. The summed E-state index contributed by atoms with van der Waals surface area (Å²) >= 11 is 0. The van der Waals surface area contributed by atoms with Gasteiger partial charge in [0.2, 0.25) is 5.82 Å². The Labute approximate surface area is 154 Å². The van der Waals surface area contributed by atoms with Crippen molar-refractivity contribution in [3.05, 3.63) is 82.5 Å². The maximum Gasteiger partial charge on any atom is 0.339 e. The predicted octanol–water partition coefficient (Wildman–Crippen LogP) is 4.31. The van der Waals surface area contributed by atoms with Crippen LogP contribution < -0.4 is 10.1 Å². The van der Waals surface area contributed by atoms with Crippen molar-refractivity contribution in [2.75, 3.05) is 12.4 Å². The molecule has 0 aliphatic heterocycles. The molecule has 2 aromatic carbocycles. The molecule has 1 N–H and O–H groups in total. The molecule has 0 amide bonds. The molecular weight excluding hydrogens is 350 g/mol. The van der Waals surface area contributed by atoms with E-state index in [2.05, 4.69) is 15.0 Å². The van der Waals surface area contributed by atoms with Crippen molar-refractivity contribution in [1.82, 2.24) is 4.98 Å². The molecule has 0 radical (unpaired) electrons. The van der Waals surface area contributed by atoms with E-state index in [9.17, 15) is 14.9 Å². The molecule has 0 bridgehead atoms. The number of carbonyl (C=O) groups excluding carboxylic acids is 1. The molecule has 1 heterocycles. The third-order valence-corrected chi connectivity index (χ3v) is 3.56. The second-order valence-electron chi connectivity index (χ2n) is 5.41. The Balaban J connectivity index is 1.85. The van der Waals surface area contributed by atoms with Gasteiger partial charge in [-0.05, 0) is 24.3 Å². The van der Waals surface area contributed by atoms with Crippen LogP contribution in [-0.2, 0) is 4.74 Å². The molecule has 0 atom stereocenters. The number of esters is 1. The Hall–Kier alpha value is -3.94. The second-order valence-corrected chi connectivity index (χ2v) is 5.41. The van der Waals surface area contributed by atoms with Gasteiger partial charge in [0.1, 0.15) is 11.5 Å². The Morgan fingerprint density at radius 2 is 1.81 bits per heavy atom. The van der Waals surface area contributed by atoms with E-state index >= 15 is 0 Å². The molecule has 1 aromatic heterocycles. The summed E-state index contributed by atoms with van der Waals surface area (Å²) in [5.41, 5.74) is 0.202. The molecule has 3 rings (SSSR count). The first-order valence-electron chi connectivity index (χ1n) is 7.89. The lowest BCUT2D eigenvalue weighted by atomic mass is 10.2. The lowest BCUT2D eigenvalue weighted by Gasteiger charge is -2.10. The zero-order valence-corrected chi connectivity index (χ0v) is 14.3. The number of nitrogens with zero attached hydrogens (tertiary/aromatic N) is 2. The fourth-order valence-electron chi connectivity index (χ4n) is 2.32. The zero-order valence-electron chi connectivity index (χ0n) is 14.3. The van der Waals surface area contributed by atoms with Gasteiger partial charge in [-0.25, -0.2) is 9.78 Å². The fourth-order valence-corrected chi connectivity index (χ4v) is 2.32. The van der Waals surface area contributed by atoms with E-state index in [0.717, 1.165) is 6.07 Å². The van der Waals surface area contributed by atoms with Crippen molar-refractivity contribution < 1.29 is 19.2 Å². The molecule has 0 aliphatic carbocycles. The number of anilines is 2. The quantitative estimate of drug-likeness (QED) is 0.394. The van der Waals surface area contributed by atoms with Gasteiger partial charge in [0.05, 0.1) is 17.6 Å². The van der Waals surface area contributed by atoms with Gasteiger partial charge in [0.25, 0.3) is 0 Å². The number of aromatic nitrogens is 1. The normalized spacial score (nSPS) is 10.1. The summed E-state index contributed by atoms with van der Waals surface area (Å²) in [6, 6.07) is 17.3. The number of methoxy groups -OCH3 is 1. The van der Waals surface area contributed by atoms with Crippen LogP contribution in [-0.4, -0.2) is 23.0 Å². The first-order chi connectivity index (χ1) is 13.1. The van der Waals surface area contributed by atoms with Crippen LogP contribution in [0.25, 0.3) is 0 Å². The minimum atomic E-state index is -0.699. The topological polar surface area (TPSA) is 104 Å². The van der Waals surface area contributed by atoms with Crippen molar-refractivity contribution in [3.63, 3.8) is 0 Å². The highest BCUT2D eigenvalue weighted by molar-refractivity contribution is 5.90. The summed E-state index contributed by atoms with van der Waals surface area (Å²) in [6.07, 6.45) is 1.21. The van der Waals surface area contributed by atoms with E-state index in [-0.39, 0.29) is 17.1 Å². The molecule has 0 unspecified atom stereocenters. The maximum atomic E-state index is 11.6. The van der Waals surface area contributed by atoms with Crippen LogP contribution in [0.4, 0.5) is 17.2 Å². The van der Waals surface area contributed by atoms with Crippen molar-refractivity contribution in [2.24, 2.45) is 0 Å². The molecule has 0 fully saturated rings. The van der Waals surface area contributed by atoms with Crippen LogP contribution in [0.15, 0.2) is 66.9 Å². The van der Waals surface area contributed by atoms with Crippen LogP contribution in [0.5, 0.6) is 11.5 Å². The molecule has 136 valence electrons. The van der Waals surface area contributed by atoms with E-state index in [4.69, 9.17) is 4.74 Å². The summed E-state index contributed by atoms with van der Waals surface area (Å²) in [5, 5.41) is 14.2. The van der Waals surface area contributed by atoms with Gasteiger partial charge in [-0.15, -0.1) is 0 Å². The number of ether oxygens (including phenoxy) is 2. The molecule has 3 aromatic rings. The molecule has 27 heavy (non-hydrogen) atoms. The van der Waals surface area contributed by atoms with Crippen LogP contribution in [0.1, 0.15) is 10.4 Å². The van der Waals surface area contributed by atoms with Gasteiger partial charge < -0.3 is 14.8 Å². The average Bonchev–Trinajstić information content (AvgIpc) is 2.68. The third-order valence-electron chi connectivity index (χ3n) is 3.56. The second kappa shape index (κ2) is 7.96. The SMILES string of the molecule is COC(=O)c1cnc(Nc2cccc(Oc3ccccc3)c2)c([N+](=O)[O-])c1. The highest BCUT2D eigenvalue weighted by Crippen LogP contribution is 2.29. The molecule has 0 aliphatic rings. The summed E-state index contributed by atoms with van der Waals surface area (Å²) in [5.74, 6) is 0.529. The highest BCUT2D eigenvalue weighted by Gasteiger charge is 2.20.